The predicted molar refractivity (Wildman–Crippen MR) is 104 cm³/mol. The third-order valence-corrected chi connectivity index (χ3v) is 6.10. The fourth-order valence-corrected chi connectivity index (χ4v) is 4.58. The Bertz CT molecular complexity index is 628. The summed E-state index contributed by atoms with van der Waals surface area (Å²) < 4.78 is 40.0. The number of allylic oxidation sites excluding steroid dienone is 1. The minimum atomic E-state index is -0.849. The number of benzene rings is 1. The number of ether oxygens (including phenoxy) is 2. The van der Waals surface area contributed by atoms with Gasteiger partial charge in [-0.05, 0) is 75.3 Å². The zero-order chi connectivity index (χ0) is 19.2. The molecule has 1 aliphatic heterocycles. The Labute approximate surface area is 161 Å². The molecule has 2 nitrogen and oxygen atoms in total. The Kier molecular flexibility index (Phi) is 7.28. The van der Waals surface area contributed by atoms with Crippen LogP contribution in [0.3, 0.4) is 0 Å². The van der Waals surface area contributed by atoms with E-state index in [1.807, 2.05) is 0 Å². The van der Waals surface area contributed by atoms with Crippen LogP contribution in [-0.2, 0) is 4.74 Å². The molecule has 27 heavy (non-hydrogen) atoms. The van der Waals surface area contributed by atoms with Gasteiger partial charge in [0.05, 0.1) is 19.3 Å². The summed E-state index contributed by atoms with van der Waals surface area (Å²) >= 11 is 0. The summed E-state index contributed by atoms with van der Waals surface area (Å²) in [6.45, 7) is 5.07. The fourth-order valence-electron chi connectivity index (χ4n) is 4.58. The van der Waals surface area contributed by atoms with Gasteiger partial charge in [0.25, 0.3) is 0 Å². The van der Waals surface area contributed by atoms with Gasteiger partial charge in [-0.1, -0.05) is 25.1 Å². The van der Waals surface area contributed by atoms with Crippen molar-refractivity contribution in [2.24, 2.45) is 11.8 Å². The van der Waals surface area contributed by atoms with Gasteiger partial charge in [0, 0.05) is 5.92 Å². The molecule has 1 saturated carbocycles. The van der Waals surface area contributed by atoms with E-state index in [-0.39, 0.29) is 11.7 Å². The maximum Gasteiger partial charge on any atom is 0.200 e. The number of rotatable bonds is 6. The van der Waals surface area contributed by atoms with Crippen LogP contribution in [0.2, 0.25) is 0 Å². The first kappa shape index (κ1) is 20.3. The van der Waals surface area contributed by atoms with Crippen LogP contribution < -0.4 is 4.74 Å². The largest absolute Gasteiger partial charge is 0.491 e. The van der Waals surface area contributed by atoms with Gasteiger partial charge in [0.2, 0.25) is 5.82 Å². The van der Waals surface area contributed by atoms with Crippen LogP contribution >= 0.6 is 0 Å². The van der Waals surface area contributed by atoms with E-state index in [1.165, 1.54) is 6.42 Å². The molecule has 2 aliphatic rings. The van der Waals surface area contributed by atoms with Gasteiger partial charge in [-0.3, -0.25) is 0 Å². The van der Waals surface area contributed by atoms with Crippen LogP contribution in [0.15, 0.2) is 24.3 Å². The number of hydrogen-bond acceptors (Lipinski definition) is 2. The van der Waals surface area contributed by atoms with E-state index in [0.29, 0.717) is 30.1 Å². The molecule has 150 valence electrons. The van der Waals surface area contributed by atoms with Crippen LogP contribution in [-0.4, -0.2) is 19.3 Å². The van der Waals surface area contributed by atoms with Gasteiger partial charge in [0.15, 0.2) is 11.6 Å². The minimum Gasteiger partial charge on any atom is -0.491 e. The van der Waals surface area contributed by atoms with Gasteiger partial charge < -0.3 is 9.47 Å². The zero-order valence-corrected chi connectivity index (χ0v) is 16.6. The second-order valence-corrected chi connectivity index (χ2v) is 7.87. The topological polar surface area (TPSA) is 18.5 Å². The highest BCUT2D eigenvalue weighted by atomic mass is 19.2. The van der Waals surface area contributed by atoms with E-state index in [2.05, 4.69) is 19.1 Å². The lowest BCUT2D eigenvalue weighted by molar-refractivity contribution is -0.0471. The Morgan fingerprint density at radius 3 is 2.44 bits per heavy atom. The molecule has 0 amide bonds. The molecule has 1 aliphatic carbocycles. The van der Waals surface area contributed by atoms with E-state index in [0.717, 1.165) is 45.1 Å². The van der Waals surface area contributed by atoms with Crippen molar-refractivity contribution >= 4 is 0 Å². The molecule has 0 N–H and O–H groups in total. The Morgan fingerprint density at radius 2 is 1.81 bits per heavy atom. The fraction of sp³-hybridized carbons (Fsp3) is 0.652. The van der Waals surface area contributed by atoms with Crippen molar-refractivity contribution in [3.63, 3.8) is 0 Å². The highest BCUT2D eigenvalue weighted by Crippen LogP contribution is 2.41. The van der Waals surface area contributed by atoms with Gasteiger partial charge in [0.1, 0.15) is 0 Å². The summed E-state index contributed by atoms with van der Waals surface area (Å²) in [5, 5.41) is 0. The summed E-state index contributed by atoms with van der Waals surface area (Å²) in [7, 11) is 0. The maximum absolute atomic E-state index is 14.5. The molecular formula is C23H32F2O2. The normalized spacial score (nSPS) is 29.2. The molecule has 0 spiro atoms. The molecule has 2 fully saturated rings. The lowest BCUT2D eigenvalue weighted by Gasteiger charge is -2.37. The van der Waals surface area contributed by atoms with E-state index in [9.17, 15) is 8.78 Å². The number of halogens is 2. The van der Waals surface area contributed by atoms with Crippen molar-refractivity contribution in [3.8, 4) is 5.75 Å². The van der Waals surface area contributed by atoms with Crippen LogP contribution in [0.5, 0.6) is 5.75 Å². The standard InChI is InChI=1S/C23H32F2O2/c1-3-5-6-16-7-13-20(27-15-16)18-10-8-17(9-11-18)19-12-14-21(26-4-2)23(25)22(19)24/h5-6,12,14,16-18,20H,3-4,7-11,13,15H2,1-2H3/b6-5+. The Balaban J connectivity index is 1.54. The number of hydrogen-bond donors (Lipinski definition) is 0. The molecule has 2 atom stereocenters. The predicted octanol–water partition coefficient (Wildman–Crippen LogP) is 6.40. The first-order valence-corrected chi connectivity index (χ1v) is 10.5. The molecule has 2 unspecified atom stereocenters. The average molecular weight is 379 g/mol. The highest BCUT2D eigenvalue weighted by Gasteiger charge is 2.33. The monoisotopic (exact) mass is 378 g/mol. The molecule has 1 heterocycles. The van der Waals surface area contributed by atoms with Crippen LogP contribution in [0.4, 0.5) is 8.78 Å². The van der Waals surface area contributed by atoms with E-state index in [1.54, 1.807) is 19.1 Å². The van der Waals surface area contributed by atoms with Crippen molar-refractivity contribution in [1.82, 2.24) is 0 Å². The molecule has 3 rings (SSSR count). The summed E-state index contributed by atoms with van der Waals surface area (Å²) in [6.07, 6.45) is 12.1. The minimum absolute atomic E-state index is 0.00900. The first-order chi connectivity index (χ1) is 13.1. The first-order valence-electron chi connectivity index (χ1n) is 10.5. The Hall–Kier alpha value is -1.42. The lowest BCUT2D eigenvalue weighted by atomic mass is 9.75. The second-order valence-electron chi connectivity index (χ2n) is 7.87. The van der Waals surface area contributed by atoms with Gasteiger partial charge in [-0.25, -0.2) is 4.39 Å². The average Bonchev–Trinajstić information content (AvgIpc) is 2.71. The van der Waals surface area contributed by atoms with Gasteiger partial charge in [-0.15, -0.1) is 0 Å². The maximum atomic E-state index is 14.5. The highest BCUT2D eigenvalue weighted by molar-refractivity contribution is 5.33. The van der Waals surface area contributed by atoms with Gasteiger partial charge in [-0.2, -0.15) is 4.39 Å². The van der Waals surface area contributed by atoms with Crippen molar-refractivity contribution in [2.75, 3.05) is 13.2 Å². The third kappa shape index (κ3) is 4.90. The van der Waals surface area contributed by atoms with E-state index in [4.69, 9.17) is 9.47 Å². The smallest absolute Gasteiger partial charge is 0.200 e. The molecule has 0 bridgehead atoms. The van der Waals surface area contributed by atoms with Gasteiger partial charge >= 0.3 is 0 Å². The molecule has 0 radical (unpaired) electrons. The van der Waals surface area contributed by atoms with Crippen molar-refractivity contribution in [2.45, 2.75) is 70.8 Å². The molecule has 1 aromatic rings. The Morgan fingerprint density at radius 1 is 1.04 bits per heavy atom. The second kappa shape index (κ2) is 9.68. The van der Waals surface area contributed by atoms with Crippen LogP contribution in [0, 0.1) is 23.5 Å². The van der Waals surface area contributed by atoms with Crippen molar-refractivity contribution in [3.05, 3.63) is 41.5 Å². The zero-order valence-electron chi connectivity index (χ0n) is 16.6. The van der Waals surface area contributed by atoms with Crippen molar-refractivity contribution in [1.29, 1.82) is 0 Å². The third-order valence-electron chi connectivity index (χ3n) is 6.10. The van der Waals surface area contributed by atoms with Crippen molar-refractivity contribution < 1.29 is 18.3 Å². The summed E-state index contributed by atoms with van der Waals surface area (Å²) in [6, 6.07) is 3.27. The summed E-state index contributed by atoms with van der Waals surface area (Å²) in [5.74, 6) is -0.376. The van der Waals surface area contributed by atoms with Crippen LogP contribution in [0.25, 0.3) is 0 Å². The van der Waals surface area contributed by atoms with Crippen LogP contribution in [0.1, 0.15) is 70.3 Å². The SMILES string of the molecule is CC/C=C/C1CCC(C2CCC(c3ccc(OCC)c(F)c3F)CC2)OC1. The molecule has 4 heteroatoms. The van der Waals surface area contributed by atoms with E-state index < -0.39 is 11.6 Å². The quantitative estimate of drug-likeness (QED) is 0.533. The summed E-state index contributed by atoms with van der Waals surface area (Å²) in [5.41, 5.74) is 0.503. The molecular weight excluding hydrogens is 346 g/mol. The molecule has 1 saturated heterocycles. The molecule has 0 aromatic heterocycles. The molecule has 1 aromatic carbocycles. The summed E-state index contributed by atoms with van der Waals surface area (Å²) in [4.78, 5) is 0. The lowest BCUT2D eigenvalue weighted by Crippen LogP contribution is -2.33. The van der Waals surface area contributed by atoms with E-state index >= 15 is 0 Å².